The van der Waals surface area contributed by atoms with Gasteiger partial charge in [-0.1, -0.05) is 18.2 Å². The highest BCUT2D eigenvalue weighted by atomic mass is 16.5. The minimum atomic E-state index is -0.270. The van der Waals surface area contributed by atoms with Crippen LogP contribution >= 0.6 is 0 Å². The molecule has 0 bridgehead atoms. The van der Waals surface area contributed by atoms with Gasteiger partial charge in [0, 0.05) is 36.4 Å². The molecule has 164 valence electrons. The second-order valence-corrected chi connectivity index (χ2v) is 7.91. The Kier molecular flexibility index (Phi) is 7.00. The molecule has 31 heavy (non-hydrogen) atoms. The molecule has 0 unspecified atom stereocenters. The Balaban J connectivity index is 1.67. The summed E-state index contributed by atoms with van der Waals surface area (Å²) in [7, 11) is 1.61. The van der Waals surface area contributed by atoms with E-state index in [1.807, 2.05) is 58.0 Å². The van der Waals surface area contributed by atoms with Gasteiger partial charge in [0.2, 0.25) is 11.8 Å². The third-order valence-corrected chi connectivity index (χ3v) is 5.24. The van der Waals surface area contributed by atoms with E-state index in [1.165, 1.54) is 11.0 Å². The summed E-state index contributed by atoms with van der Waals surface area (Å²) in [4.78, 5) is 26.4. The zero-order chi connectivity index (χ0) is 22.5. The molecular weight excluding hydrogens is 392 g/mol. The fourth-order valence-electron chi connectivity index (χ4n) is 3.64. The number of nitrogens with one attached hydrogen (secondary N) is 1. The summed E-state index contributed by atoms with van der Waals surface area (Å²) in [6.07, 6.45) is 4.14. The van der Waals surface area contributed by atoms with Gasteiger partial charge in [0.25, 0.3) is 0 Å². The summed E-state index contributed by atoms with van der Waals surface area (Å²) in [5, 5.41) is 2.90. The van der Waals surface area contributed by atoms with Crippen molar-refractivity contribution in [3.63, 3.8) is 0 Å². The number of amides is 2. The molecule has 0 saturated carbocycles. The van der Waals surface area contributed by atoms with Gasteiger partial charge in [-0.3, -0.25) is 9.59 Å². The van der Waals surface area contributed by atoms with Crippen molar-refractivity contribution in [2.75, 3.05) is 25.5 Å². The van der Waals surface area contributed by atoms with E-state index < -0.39 is 0 Å². The molecular formula is C25H30N2O4. The van der Waals surface area contributed by atoms with E-state index in [0.29, 0.717) is 6.61 Å². The molecule has 6 heteroatoms. The van der Waals surface area contributed by atoms with Gasteiger partial charge in [0.1, 0.15) is 17.6 Å². The Hall–Kier alpha value is -3.28. The molecule has 2 aromatic carbocycles. The molecule has 0 aliphatic carbocycles. The van der Waals surface area contributed by atoms with Crippen LogP contribution in [0, 0.1) is 13.8 Å². The van der Waals surface area contributed by atoms with Gasteiger partial charge in [0.15, 0.2) is 0 Å². The number of rotatable bonds is 7. The number of likely N-dealkylation sites (N-methyl/N-ethyl adjacent to an activating group) is 1. The van der Waals surface area contributed by atoms with Crippen LogP contribution in [0.4, 0.5) is 5.69 Å². The number of anilines is 1. The fraction of sp³-hybridized carbons (Fsp3) is 0.360. The highest BCUT2D eigenvalue weighted by molar-refractivity contribution is 5.98. The van der Waals surface area contributed by atoms with Crippen molar-refractivity contribution in [1.29, 1.82) is 0 Å². The molecule has 2 amide bonds. The molecule has 0 aromatic heterocycles. The van der Waals surface area contributed by atoms with Crippen LogP contribution in [0.3, 0.4) is 0 Å². The highest BCUT2D eigenvalue weighted by Crippen LogP contribution is 2.35. The van der Waals surface area contributed by atoms with Gasteiger partial charge in [-0.05, 0) is 57.0 Å². The van der Waals surface area contributed by atoms with Crippen LogP contribution in [0.15, 0.2) is 36.4 Å². The first-order valence-corrected chi connectivity index (χ1v) is 10.5. The third-order valence-electron chi connectivity index (χ3n) is 5.24. The van der Waals surface area contributed by atoms with Gasteiger partial charge in [-0.25, -0.2) is 0 Å². The van der Waals surface area contributed by atoms with E-state index >= 15 is 0 Å². The summed E-state index contributed by atoms with van der Waals surface area (Å²) in [5.74, 6) is 1.04. The standard InChI is InChI=1S/C25H30N2O4/c1-6-30-21-14-20-12-18(4)31-22(20)13-19(21)10-11-24(29)27(5)15-23(28)26-25-16(2)8-7-9-17(25)3/h7-11,13-14,18H,6,12,15H2,1-5H3,(H,26,28)/b11-10+/t18-/m1/s1. The first-order valence-electron chi connectivity index (χ1n) is 10.5. The second kappa shape index (κ2) is 9.69. The monoisotopic (exact) mass is 422 g/mol. The van der Waals surface area contributed by atoms with Crippen LogP contribution in [0.2, 0.25) is 0 Å². The number of hydrogen-bond acceptors (Lipinski definition) is 4. The summed E-state index contributed by atoms with van der Waals surface area (Å²) in [5.41, 5.74) is 4.64. The molecule has 0 saturated heterocycles. The van der Waals surface area contributed by atoms with E-state index in [1.54, 1.807) is 13.1 Å². The molecule has 1 heterocycles. The molecule has 3 rings (SSSR count). The van der Waals surface area contributed by atoms with Crippen molar-refractivity contribution < 1.29 is 19.1 Å². The SMILES string of the molecule is CCOc1cc2c(cc1/C=C/C(=O)N(C)CC(=O)Nc1c(C)cccc1C)O[C@H](C)C2. The number of fused-ring (bicyclic) bond motifs is 1. The van der Waals surface area contributed by atoms with Crippen molar-refractivity contribution in [2.45, 2.75) is 40.2 Å². The Labute approximate surface area is 183 Å². The quantitative estimate of drug-likeness (QED) is 0.681. The fourth-order valence-corrected chi connectivity index (χ4v) is 3.64. The zero-order valence-electron chi connectivity index (χ0n) is 18.8. The van der Waals surface area contributed by atoms with Crippen molar-refractivity contribution >= 4 is 23.6 Å². The number of para-hydroxylation sites is 1. The summed E-state index contributed by atoms with van der Waals surface area (Å²) in [6, 6.07) is 9.71. The number of ether oxygens (including phenoxy) is 2. The smallest absolute Gasteiger partial charge is 0.246 e. The van der Waals surface area contributed by atoms with Gasteiger partial charge in [0.05, 0.1) is 13.2 Å². The van der Waals surface area contributed by atoms with E-state index in [0.717, 1.165) is 45.9 Å². The van der Waals surface area contributed by atoms with Gasteiger partial charge < -0.3 is 19.7 Å². The topological polar surface area (TPSA) is 67.9 Å². The molecule has 0 fully saturated rings. The third kappa shape index (κ3) is 5.45. The Morgan fingerprint density at radius 3 is 2.65 bits per heavy atom. The van der Waals surface area contributed by atoms with Crippen LogP contribution in [-0.4, -0.2) is 43.0 Å². The van der Waals surface area contributed by atoms with Crippen LogP contribution in [0.25, 0.3) is 6.08 Å². The van der Waals surface area contributed by atoms with Crippen molar-refractivity contribution in [3.8, 4) is 11.5 Å². The van der Waals surface area contributed by atoms with E-state index in [-0.39, 0.29) is 24.5 Å². The predicted octanol–water partition coefficient (Wildman–Crippen LogP) is 4.14. The van der Waals surface area contributed by atoms with E-state index in [4.69, 9.17) is 9.47 Å². The number of hydrogen-bond donors (Lipinski definition) is 1. The summed E-state index contributed by atoms with van der Waals surface area (Å²) < 4.78 is 11.6. The van der Waals surface area contributed by atoms with Crippen LogP contribution in [0.5, 0.6) is 11.5 Å². The largest absolute Gasteiger partial charge is 0.493 e. The maximum atomic E-state index is 12.6. The normalized spacial score (nSPS) is 14.8. The first kappa shape index (κ1) is 22.4. The lowest BCUT2D eigenvalue weighted by Gasteiger charge is -2.17. The van der Waals surface area contributed by atoms with Crippen LogP contribution in [-0.2, 0) is 16.0 Å². The minimum Gasteiger partial charge on any atom is -0.493 e. The van der Waals surface area contributed by atoms with Gasteiger partial charge in [-0.2, -0.15) is 0 Å². The van der Waals surface area contributed by atoms with Crippen molar-refractivity contribution in [1.82, 2.24) is 4.90 Å². The average molecular weight is 423 g/mol. The second-order valence-electron chi connectivity index (χ2n) is 7.91. The summed E-state index contributed by atoms with van der Waals surface area (Å²) >= 11 is 0. The number of carbonyl (C=O) groups excluding carboxylic acids is 2. The molecule has 1 aliphatic heterocycles. The number of aryl methyl sites for hydroxylation is 2. The number of carbonyl (C=O) groups is 2. The molecule has 1 atom stereocenters. The minimum absolute atomic E-state index is 0.0416. The van der Waals surface area contributed by atoms with Gasteiger partial charge >= 0.3 is 0 Å². The lowest BCUT2D eigenvalue weighted by Crippen LogP contribution is -2.34. The van der Waals surface area contributed by atoms with Crippen LogP contribution in [0.1, 0.15) is 36.1 Å². The Morgan fingerprint density at radius 1 is 1.26 bits per heavy atom. The molecule has 1 N–H and O–H groups in total. The average Bonchev–Trinajstić information content (AvgIpc) is 3.07. The van der Waals surface area contributed by atoms with E-state index in [2.05, 4.69) is 5.32 Å². The molecule has 6 nitrogen and oxygen atoms in total. The summed E-state index contributed by atoms with van der Waals surface area (Å²) in [6.45, 7) is 8.32. The van der Waals surface area contributed by atoms with Crippen molar-refractivity contribution in [3.05, 3.63) is 58.7 Å². The van der Waals surface area contributed by atoms with Crippen LogP contribution < -0.4 is 14.8 Å². The molecule has 0 radical (unpaired) electrons. The number of nitrogens with zero attached hydrogens (tertiary/aromatic N) is 1. The Morgan fingerprint density at radius 2 is 1.97 bits per heavy atom. The van der Waals surface area contributed by atoms with E-state index in [9.17, 15) is 9.59 Å². The lowest BCUT2D eigenvalue weighted by atomic mass is 10.1. The van der Waals surface area contributed by atoms with Gasteiger partial charge in [-0.15, -0.1) is 0 Å². The molecule has 0 spiro atoms. The zero-order valence-corrected chi connectivity index (χ0v) is 18.8. The maximum absolute atomic E-state index is 12.6. The first-order chi connectivity index (χ1) is 14.8. The predicted molar refractivity (Wildman–Crippen MR) is 123 cm³/mol. The maximum Gasteiger partial charge on any atom is 0.246 e. The number of benzene rings is 2. The highest BCUT2D eigenvalue weighted by Gasteiger charge is 2.21. The lowest BCUT2D eigenvalue weighted by molar-refractivity contribution is -0.129. The van der Waals surface area contributed by atoms with Crippen molar-refractivity contribution in [2.24, 2.45) is 0 Å². The Bertz CT molecular complexity index is 993. The molecule has 2 aromatic rings. The molecule has 1 aliphatic rings.